The number of hydrogen-bond donors (Lipinski definition) is 1. The fourth-order valence-electron chi connectivity index (χ4n) is 5.30. The molecule has 220 valence electrons. The van der Waals surface area contributed by atoms with Gasteiger partial charge < -0.3 is 34.1 Å². The molecule has 10 nitrogen and oxygen atoms in total. The summed E-state index contributed by atoms with van der Waals surface area (Å²) in [5.41, 5.74) is 1.82. The molecule has 1 saturated carbocycles. The zero-order valence-corrected chi connectivity index (χ0v) is 23.8. The van der Waals surface area contributed by atoms with Crippen LogP contribution < -0.4 is 14.8 Å². The number of carbonyl (C=O) groups excluding carboxylic acids is 3. The van der Waals surface area contributed by atoms with Crippen molar-refractivity contribution in [3.8, 4) is 17.2 Å². The van der Waals surface area contributed by atoms with Crippen LogP contribution in [0.2, 0.25) is 0 Å². The van der Waals surface area contributed by atoms with Gasteiger partial charge in [0.15, 0.2) is 11.5 Å². The van der Waals surface area contributed by atoms with Crippen LogP contribution in [0.4, 0.5) is 0 Å². The zero-order valence-electron chi connectivity index (χ0n) is 23.8. The average molecular weight is 566 g/mol. The van der Waals surface area contributed by atoms with Crippen molar-refractivity contribution in [2.75, 3.05) is 47.0 Å². The van der Waals surface area contributed by atoms with E-state index in [-0.39, 0.29) is 49.4 Å². The van der Waals surface area contributed by atoms with Crippen LogP contribution in [-0.2, 0) is 36.9 Å². The number of hydrogen-bond acceptors (Lipinski definition) is 7. The number of methoxy groups -OCH3 is 2. The van der Waals surface area contributed by atoms with E-state index in [0.717, 1.165) is 24.0 Å². The van der Waals surface area contributed by atoms with E-state index in [1.165, 1.54) is 4.90 Å². The molecule has 3 amide bonds. The fourth-order valence-corrected chi connectivity index (χ4v) is 5.30. The summed E-state index contributed by atoms with van der Waals surface area (Å²) in [4.78, 5) is 42.7. The van der Waals surface area contributed by atoms with Gasteiger partial charge in [-0.2, -0.15) is 0 Å². The lowest BCUT2D eigenvalue weighted by atomic mass is 10.1. The lowest BCUT2D eigenvalue weighted by Crippen LogP contribution is -2.49. The first-order valence-electron chi connectivity index (χ1n) is 14.3. The minimum absolute atomic E-state index is 0.0965. The largest absolute Gasteiger partial charge is 0.493 e. The highest BCUT2D eigenvalue weighted by molar-refractivity contribution is 5.85. The number of nitrogens with zero attached hydrogens (tertiary/aromatic N) is 2. The molecule has 0 unspecified atom stereocenters. The maximum Gasteiger partial charge on any atom is 0.239 e. The lowest BCUT2D eigenvalue weighted by Gasteiger charge is -2.25. The molecule has 2 aliphatic heterocycles. The van der Waals surface area contributed by atoms with Crippen molar-refractivity contribution < 1.29 is 33.3 Å². The van der Waals surface area contributed by atoms with Crippen molar-refractivity contribution in [3.63, 3.8) is 0 Å². The second kappa shape index (κ2) is 13.4. The number of rotatable bonds is 6. The fraction of sp³-hybridized carbons (Fsp3) is 0.516. The summed E-state index contributed by atoms with van der Waals surface area (Å²) in [7, 11) is 3.15. The molecular weight excluding hydrogens is 526 g/mol. The molecular formula is C31H39N3O7. The molecule has 10 heteroatoms. The Labute approximate surface area is 240 Å². The molecule has 1 saturated heterocycles. The third-order valence-electron chi connectivity index (χ3n) is 7.82. The van der Waals surface area contributed by atoms with Crippen LogP contribution in [0.5, 0.6) is 17.2 Å². The highest BCUT2D eigenvalue weighted by Gasteiger charge is 2.38. The number of benzene rings is 2. The highest BCUT2D eigenvalue weighted by Crippen LogP contribution is 2.34. The van der Waals surface area contributed by atoms with Gasteiger partial charge in [-0.3, -0.25) is 14.4 Å². The average Bonchev–Trinajstić information content (AvgIpc) is 3.69. The Bertz CT molecular complexity index is 1250. The molecule has 3 aliphatic rings. The first kappa shape index (κ1) is 28.9. The molecule has 2 heterocycles. The lowest BCUT2D eigenvalue weighted by molar-refractivity contribution is -0.137. The van der Waals surface area contributed by atoms with Crippen LogP contribution in [0, 0.1) is 5.92 Å². The topological polar surface area (TPSA) is 107 Å². The summed E-state index contributed by atoms with van der Waals surface area (Å²) in [5.74, 6) is 1.89. The normalized spacial score (nSPS) is 21.8. The summed E-state index contributed by atoms with van der Waals surface area (Å²) < 4.78 is 23.2. The van der Waals surface area contributed by atoms with E-state index in [9.17, 15) is 14.4 Å². The van der Waals surface area contributed by atoms with Gasteiger partial charge in [0.2, 0.25) is 17.7 Å². The SMILES string of the molecule is COCCN1CC(=O)N[C@H]2CN(C(=O)CC3CC3)C[C@@H]2OCc2cccc(c2)Oc2cc(ccc2OC)CCC1=O. The number of aryl methyl sites for hydroxylation is 1. The van der Waals surface area contributed by atoms with Crippen molar-refractivity contribution in [1.82, 2.24) is 15.1 Å². The molecule has 41 heavy (non-hydrogen) atoms. The van der Waals surface area contributed by atoms with Gasteiger partial charge in [0.1, 0.15) is 5.75 Å². The number of carbonyl (C=O) groups is 3. The maximum atomic E-state index is 13.2. The Balaban J connectivity index is 1.40. The summed E-state index contributed by atoms with van der Waals surface area (Å²) in [6.45, 7) is 1.59. The molecule has 0 radical (unpaired) electrons. The van der Waals surface area contributed by atoms with Crippen LogP contribution in [0.25, 0.3) is 0 Å². The summed E-state index contributed by atoms with van der Waals surface area (Å²) in [6, 6.07) is 12.9. The Morgan fingerprint density at radius 2 is 1.90 bits per heavy atom. The molecule has 2 aromatic rings. The molecule has 2 atom stereocenters. The van der Waals surface area contributed by atoms with E-state index in [0.29, 0.717) is 62.2 Å². The van der Waals surface area contributed by atoms with E-state index in [4.69, 9.17) is 18.9 Å². The van der Waals surface area contributed by atoms with Gasteiger partial charge >= 0.3 is 0 Å². The van der Waals surface area contributed by atoms with E-state index >= 15 is 0 Å². The zero-order chi connectivity index (χ0) is 28.8. The quantitative estimate of drug-likeness (QED) is 0.574. The van der Waals surface area contributed by atoms with Gasteiger partial charge in [-0.25, -0.2) is 0 Å². The Hall–Kier alpha value is -3.63. The summed E-state index contributed by atoms with van der Waals surface area (Å²) >= 11 is 0. The van der Waals surface area contributed by atoms with Crippen molar-refractivity contribution in [2.24, 2.45) is 5.92 Å². The first-order chi connectivity index (χ1) is 19.9. The van der Waals surface area contributed by atoms with Crippen LogP contribution >= 0.6 is 0 Å². The van der Waals surface area contributed by atoms with E-state index in [1.54, 1.807) is 19.1 Å². The second-order valence-corrected chi connectivity index (χ2v) is 11.0. The van der Waals surface area contributed by atoms with Gasteiger partial charge in [0, 0.05) is 39.6 Å². The maximum absolute atomic E-state index is 13.2. The van der Waals surface area contributed by atoms with Crippen molar-refractivity contribution in [2.45, 2.75) is 50.9 Å². The Kier molecular flexibility index (Phi) is 9.41. The minimum Gasteiger partial charge on any atom is -0.493 e. The van der Waals surface area contributed by atoms with Crippen LogP contribution in [0.1, 0.15) is 36.8 Å². The van der Waals surface area contributed by atoms with Crippen molar-refractivity contribution in [1.29, 1.82) is 0 Å². The first-order valence-corrected chi connectivity index (χ1v) is 14.3. The monoisotopic (exact) mass is 565 g/mol. The Morgan fingerprint density at radius 3 is 2.68 bits per heavy atom. The van der Waals surface area contributed by atoms with Crippen LogP contribution in [0.3, 0.4) is 0 Å². The molecule has 0 spiro atoms. The third-order valence-corrected chi connectivity index (χ3v) is 7.82. The predicted octanol–water partition coefficient (Wildman–Crippen LogP) is 2.92. The smallest absolute Gasteiger partial charge is 0.239 e. The van der Waals surface area contributed by atoms with Crippen LogP contribution in [-0.4, -0.2) is 86.7 Å². The second-order valence-electron chi connectivity index (χ2n) is 11.0. The number of nitrogens with one attached hydrogen (secondary N) is 1. The van der Waals surface area contributed by atoms with Gasteiger partial charge in [0.05, 0.1) is 39.0 Å². The molecule has 1 aliphatic carbocycles. The van der Waals surface area contributed by atoms with E-state index < -0.39 is 0 Å². The molecule has 2 aromatic carbocycles. The van der Waals surface area contributed by atoms with Crippen molar-refractivity contribution >= 4 is 17.7 Å². The van der Waals surface area contributed by atoms with E-state index in [1.807, 2.05) is 42.5 Å². The van der Waals surface area contributed by atoms with Crippen molar-refractivity contribution in [3.05, 3.63) is 53.6 Å². The molecule has 0 aromatic heterocycles. The summed E-state index contributed by atoms with van der Waals surface area (Å²) in [6.07, 6.45) is 3.04. The predicted molar refractivity (Wildman–Crippen MR) is 151 cm³/mol. The summed E-state index contributed by atoms with van der Waals surface area (Å²) in [5, 5.41) is 3.06. The molecule has 2 fully saturated rings. The molecule has 1 N–H and O–H groups in total. The van der Waals surface area contributed by atoms with Gasteiger partial charge in [-0.05, 0) is 60.6 Å². The number of likely N-dealkylation sites (tertiary alicyclic amines) is 1. The number of amides is 3. The van der Waals surface area contributed by atoms with Gasteiger partial charge in [-0.1, -0.05) is 18.2 Å². The minimum atomic E-state index is -0.384. The Morgan fingerprint density at radius 1 is 1.05 bits per heavy atom. The standard InChI is InChI=1S/C31H39N3O7/c1-38-13-12-33-19-29(35)32-25-17-34(31(37)16-22-6-7-22)18-28(25)40-20-23-4-3-5-24(14-23)41-27-15-21(9-11-30(33)36)8-10-26(27)39-2/h3-5,8,10,14-15,22,25,28H,6-7,9,11-13,16-20H2,1-2H3,(H,32,35)/t25-,28-/m0/s1. The van der Waals surface area contributed by atoms with Gasteiger partial charge in [0.25, 0.3) is 0 Å². The van der Waals surface area contributed by atoms with E-state index in [2.05, 4.69) is 5.32 Å². The molecule has 4 bridgehead atoms. The molecule has 5 rings (SSSR count). The third kappa shape index (κ3) is 7.77. The van der Waals surface area contributed by atoms with Gasteiger partial charge in [-0.15, -0.1) is 0 Å². The number of fused-ring (bicyclic) bond motifs is 5. The highest BCUT2D eigenvalue weighted by atomic mass is 16.5. The van der Waals surface area contributed by atoms with Crippen LogP contribution in [0.15, 0.2) is 42.5 Å². The number of ether oxygens (including phenoxy) is 4.